The third-order valence-electron chi connectivity index (χ3n) is 3.41. The van der Waals surface area contributed by atoms with Crippen LogP contribution < -0.4 is 10.6 Å². The molecule has 5 nitrogen and oxygen atoms in total. The summed E-state index contributed by atoms with van der Waals surface area (Å²) < 4.78 is 0. The average Bonchev–Trinajstić information content (AvgIpc) is 2.56. The number of hydrogen-bond donors (Lipinski definition) is 2. The standard InChI is InChI=1S/C18H17N3O2/c1-12-5-3-6-13(2)17(12)21-16(22)11-20-18(23)15-8-4-7-14(9-15)10-19/h3-9H,11H2,1-2H3,(H,20,23)(H,21,22). The molecule has 0 saturated heterocycles. The lowest BCUT2D eigenvalue weighted by molar-refractivity contribution is -0.115. The molecule has 5 heteroatoms. The lowest BCUT2D eigenvalue weighted by Gasteiger charge is -2.12. The summed E-state index contributed by atoms with van der Waals surface area (Å²) in [5.74, 6) is -0.689. The first kappa shape index (κ1) is 16.2. The molecule has 23 heavy (non-hydrogen) atoms. The van der Waals surface area contributed by atoms with Crippen LogP contribution >= 0.6 is 0 Å². The van der Waals surface area contributed by atoms with Crippen molar-refractivity contribution in [3.63, 3.8) is 0 Å². The number of benzene rings is 2. The minimum atomic E-state index is -0.390. The summed E-state index contributed by atoms with van der Waals surface area (Å²) in [5, 5.41) is 14.2. The minimum absolute atomic E-state index is 0.136. The van der Waals surface area contributed by atoms with Crippen LogP contribution in [0.15, 0.2) is 42.5 Å². The van der Waals surface area contributed by atoms with Gasteiger partial charge in [-0.1, -0.05) is 24.3 Å². The van der Waals surface area contributed by atoms with Crippen molar-refractivity contribution in [1.82, 2.24) is 5.32 Å². The van der Waals surface area contributed by atoms with Crippen molar-refractivity contribution in [1.29, 1.82) is 5.26 Å². The maximum Gasteiger partial charge on any atom is 0.251 e. The fourth-order valence-electron chi connectivity index (χ4n) is 2.19. The van der Waals surface area contributed by atoms with Gasteiger partial charge in [0.25, 0.3) is 5.91 Å². The van der Waals surface area contributed by atoms with Crippen LogP contribution in [-0.2, 0) is 4.79 Å². The fourth-order valence-corrected chi connectivity index (χ4v) is 2.19. The second-order valence-electron chi connectivity index (χ2n) is 5.19. The molecule has 2 aromatic carbocycles. The van der Waals surface area contributed by atoms with Crippen molar-refractivity contribution in [2.45, 2.75) is 13.8 Å². The number of carbonyl (C=O) groups is 2. The van der Waals surface area contributed by atoms with Gasteiger partial charge in [-0.05, 0) is 43.2 Å². The van der Waals surface area contributed by atoms with Crippen LogP contribution in [0.25, 0.3) is 0 Å². The molecule has 0 radical (unpaired) electrons. The molecule has 0 aliphatic heterocycles. The van der Waals surface area contributed by atoms with E-state index >= 15 is 0 Å². The van der Waals surface area contributed by atoms with E-state index in [2.05, 4.69) is 10.6 Å². The van der Waals surface area contributed by atoms with Gasteiger partial charge in [0.1, 0.15) is 0 Å². The number of nitrogens with one attached hydrogen (secondary N) is 2. The Balaban J connectivity index is 1.96. The number of para-hydroxylation sites is 1. The first-order chi connectivity index (χ1) is 11.0. The van der Waals surface area contributed by atoms with Crippen molar-refractivity contribution < 1.29 is 9.59 Å². The molecular weight excluding hydrogens is 290 g/mol. The molecule has 0 heterocycles. The van der Waals surface area contributed by atoms with Crippen molar-refractivity contribution >= 4 is 17.5 Å². The molecular formula is C18H17N3O2. The highest BCUT2D eigenvalue weighted by atomic mass is 16.2. The molecule has 2 rings (SSSR count). The lowest BCUT2D eigenvalue weighted by Crippen LogP contribution is -2.33. The second-order valence-corrected chi connectivity index (χ2v) is 5.19. The van der Waals surface area contributed by atoms with Crippen LogP contribution in [0.3, 0.4) is 0 Å². The van der Waals surface area contributed by atoms with Gasteiger partial charge < -0.3 is 10.6 Å². The molecule has 2 aromatic rings. The summed E-state index contributed by atoms with van der Waals surface area (Å²) in [6, 6.07) is 14.0. The van der Waals surface area contributed by atoms with Gasteiger partial charge in [-0.2, -0.15) is 5.26 Å². The van der Waals surface area contributed by atoms with Gasteiger partial charge in [0, 0.05) is 11.3 Å². The van der Waals surface area contributed by atoms with Gasteiger partial charge in [0.2, 0.25) is 5.91 Å². The molecule has 2 N–H and O–H groups in total. The van der Waals surface area contributed by atoms with E-state index in [1.165, 1.54) is 6.07 Å². The second kappa shape index (κ2) is 7.23. The molecule has 0 atom stereocenters. The van der Waals surface area contributed by atoms with Crippen molar-refractivity contribution in [2.24, 2.45) is 0 Å². The quantitative estimate of drug-likeness (QED) is 0.910. The third-order valence-corrected chi connectivity index (χ3v) is 3.41. The third kappa shape index (κ3) is 4.17. The maximum atomic E-state index is 12.0. The number of carbonyl (C=O) groups excluding carboxylic acids is 2. The van der Waals surface area contributed by atoms with E-state index < -0.39 is 5.91 Å². The Morgan fingerprint density at radius 1 is 1.09 bits per heavy atom. The SMILES string of the molecule is Cc1cccc(C)c1NC(=O)CNC(=O)c1cccc(C#N)c1. The summed E-state index contributed by atoms with van der Waals surface area (Å²) in [4.78, 5) is 24.0. The summed E-state index contributed by atoms with van der Waals surface area (Å²) in [6.07, 6.45) is 0. The molecule has 0 unspecified atom stereocenters. The molecule has 0 aromatic heterocycles. The van der Waals surface area contributed by atoms with Crippen LogP contribution in [0.2, 0.25) is 0 Å². The van der Waals surface area contributed by atoms with Gasteiger partial charge in [-0.25, -0.2) is 0 Å². The summed E-state index contributed by atoms with van der Waals surface area (Å²) in [5.41, 5.74) is 3.44. The molecule has 0 bridgehead atoms. The summed E-state index contributed by atoms with van der Waals surface area (Å²) in [7, 11) is 0. The highest BCUT2D eigenvalue weighted by Gasteiger charge is 2.10. The molecule has 0 saturated carbocycles. The van der Waals surface area contributed by atoms with Gasteiger partial charge in [0.15, 0.2) is 0 Å². The number of nitrogens with zero attached hydrogens (tertiary/aromatic N) is 1. The average molecular weight is 307 g/mol. The zero-order valence-corrected chi connectivity index (χ0v) is 13.0. The fraction of sp³-hybridized carbons (Fsp3) is 0.167. The molecule has 0 spiro atoms. The van der Waals surface area contributed by atoms with E-state index in [1.54, 1.807) is 18.2 Å². The van der Waals surface area contributed by atoms with Gasteiger partial charge >= 0.3 is 0 Å². The van der Waals surface area contributed by atoms with Crippen LogP contribution in [0.5, 0.6) is 0 Å². The highest BCUT2D eigenvalue weighted by molar-refractivity contribution is 6.00. The smallest absolute Gasteiger partial charge is 0.251 e. The number of nitriles is 1. The lowest BCUT2D eigenvalue weighted by atomic mass is 10.1. The first-order valence-electron chi connectivity index (χ1n) is 7.15. The number of hydrogen-bond acceptors (Lipinski definition) is 3. The Labute approximate surface area is 134 Å². The van der Waals surface area contributed by atoms with Crippen molar-refractivity contribution in [2.75, 3.05) is 11.9 Å². The molecule has 0 aliphatic rings. The Morgan fingerprint density at radius 3 is 2.39 bits per heavy atom. The maximum absolute atomic E-state index is 12.0. The molecule has 2 amide bonds. The van der Waals surface area contributed by atoms with Gasteiger partial charge in [-0.3, -0.25) is 9.59 Å². The van der Waals surface area contributed by atoms with E-state index in [0.29, 0.717) is 11.1 Å². The number of aryl methyl sites for hydroxylation is 2. The van der Waals surface area contributed by atoms with E-state index in [0.717, 1.165) is 16.8 Å². The van der Waals surface area contributed by atoms with Crippen LogP contribution in [0.4, 0.5) is 5.69 Å². The molecule has 0 fully saturated rings. The molecule has 0 aliphatic carbocycles. The van der Waals surface area contributed by atoms with Crippen molar-refractivity contribution in [3.05, 3.63) is 64.7 Å². The predicted molar refractivity (Wildman–Crippen MR) is 88.0 cm³/mol. The topological polar surface area (TPSA) is 82.0 Å². The van der Waals surface area contributed by atoms with E-state index in [1.807, 2.05) is 38.1 Å². The van der Waals surface area contributed by atoms with Gasteiger partial charge in [-0.15, -0.1) is 0 Å². The highest BCUT2D eigenvalue weighted by Crippen LogP contribution is 2.18. The first-order valence-corrected chi connectivity index (χ1v) is 7.15. The Hall–Kier alpha value is -3.13. The van der Waals surface area contributed by atoms with E-state index in [9.17, 15) is 9.59 Å². The normalized spacial score (nSPS) is 9.78. The zero-order valence-electron chi connectivity index (χ0n) is 13.0. The molecule has 116 valence electrons. The monoisotopic (exact) mass is 307 g/mol. The Kier molecular flexibility index (Phi) is 5.11. The van der Waals surface area contributed by atoms with Crippen LogP contribution in [-0.4, -0.2) is 18.4 Å². The number of amides is 2. The number of anilines is 1. The number of rotatable bonds is 4. The largest absolute Gasteiger partial charge is 0.343 e. The van der Waals surface area contributed by atoms with E-state index in [-0.39, 0.29) is 12.5 Å². The summed E-state index contributed by atoms with van der Waals surface area (Å²) in [6.45, 7) is 3.69. The van der Waals surface area contributed by atoms with Crippen molar-refractivity contribution in [3.8, 4) is 6.07 Å². The summed E-state index contributed by atoms with van der Waals surface area (Å²) >= 11 is 0. The Morgan fingerprint density at radius 2 is 1.74 bits per heavy atom. The predicted octanol–water partition coefficient (Wildman–Crippen LogP) is 2.54. The van der Waals surface area contributed by atoms with Crippen LogP contribution in [0.1, 0.15) is 27.0 Å². The Bertz CT molecular complexity index is 771. The minimum Gasteiger partial charge on any atom is -0.343 e. The van der Waals surface area contributed by atoms with Gasteiger partial charge in [0.05, 0.1) is 18.2 Å². The zero-order chi connectivity index (χ0) is 16.8. The van der Waals surface area contributed by atoms with E-state index in [4.69, 9.17) is 5.26 Å². The van der Waals surface area contributed by atoms with Crippen LogP contribution in [0, 0.1) is 25.2 Å².